The third-order valence-electron chi connectivity index (χ3n) is 6.60. The first-order chi connectivity index (χ1) is 18.1. The third-order valence-corrected chi connectivity index (χ3v) is 6.60. The topological polar surface area (TPSA) is 102 Å². The number of hydrogen-bond donors (Lipinski definition) is 1. The summed E-state index contributed by atoms with van der Waals surface area (Å²) < 4.78 is 12.7. The fraction of sp³-hybridized carbons (Fsp3) is 0.286. The van der Waals surface area contributed by atoms with Crippen molar-refractivity contribution in [3.8, 4) is 5.75 Å². The molecule has 0 aliphatic heterocycles. The summed E-state index contributed by atoms with van der Waals surface area (Å²) in [6.45, 7) is 3.73. The molecule has 9 heteroatoms. The van der Waals surface area contributed by atoms with Crippen molar-refractivity contribution in [1.82, 2.24) is 30.1 Å². The molecule has 190 valence electrons. The summed E-state index contributed by atoms with van der Waals surface area (Å²) in [5, 5.41) is 13.5. The monoisotopic (exact) mass is 498 g/mol. The van der Waals surface area contributed by atoms with E-state index in [0.29, 0.717) is 18.7 Å². The largest absolute Gasteiger partial charge is 0.497 e. The van der Waals surface area contributed by atoms with Crippen molar-refractivity contribution in [3.63, 3.8) is 0 Å². The lowest BCUT2D eigenvalue weighted by Gasteiger charge is -2.30. The number of nitrogens with zero attached hydrogens (tertiary/aromatic N) is 5. The fourth-order valence-electron chi connectivity index (χ4n) is 4.67. The minimum absolute atomic E-state index is 0.103. The highest BCUT2D eigenvalue weighted by atomic mass is 16.5. The Morgan fingerprint density at radius 3 is 2.73 bits per heavy atom. The van der Waals surface area contributed by atoms with Crippen molar-refractivity contribution in [2.24, 2.45) is 0 Å². The smallest absolute Gasteiger partial charge is 0.252 e. The number of ether oxygens (including phenoxy) is 1. The van der Waals surface area contributed by atoms with E-state index in [9.17, 15) is 4.79 Å². The van der Waals surface area contributed by atoms with Gasteiger partial charge in [-0.1, -0.05) is 37.3 Å². The van der Waals surface area contributed by atoms with E-state index in [2.05, 4.69) is 44.5 Å². The van der Waals surface area contributed by atoms with Gasteiger partial charge in [0, 0.05) is 29.6 Å². The number of tetrazole rings is 1. The lowest BCUT2D eigenvalue weighted by molar-refractivity contribution is 0.172. The Balaban J connectivity index is 1.48. The number of fused-ring (bicyclic) bond motifs is 1. The second kappa shape index (κ2) is 11.2. The Morgan fingerprint density at radius 1 is 1.11 bits per heavy atom. The number of H-pyrrole nitrogens is 1. The maximum absolute atomic E-state index is 13.1. The standard InChI is InChI=1S/C28H30N6O3/c1-3-26(27-30-31-32-34(27)19-24-10-7-15-37-24)33(14-13-20-8-5-4-6-9-20)18-22-16-21-17-23(36-2)11-12-25(21)29-28(22)35/h4-12,15-17,26H,3,13-14,18-19H2,1-2H3,(H,29,35)/t26-/m0/s1. The highest BCUT2D eigenvalue weighted by Gasteiger charge is 2.26. The predicted molar refractivity (Wildman–Crippen MR) is 140 cm³/mol. The van der Waals surface area contributed by atoms with Gasteiger partial charge in [-0.2, -0.15) is 0 Å². The van der Waals surface area contributed by atoms with E-state index >= 15 is 0 Å². The zero-order valence-electron chi connectivity index (χ0n) is 21.0. The van der Waals surface area contributed by atoms with Crippen LogP contribution >= 0.6 is 0 Å². The van der Waals surface area contributed by atoms with Crippen molar-refractivity contribution < 1.29 is 9.15 Å². The van der Waals surface area contributed by atoms with Crippen LogP contribution < -0.4 is 10.3 Å². The van der Waals surface area contributed by atoms with Crippen LogP contribution in [0, 0.1) is 0 Å². The maximum atomic E-state index is 13.1. The molecule has 3 heterocycles. The maximum Gasteiger partial charge on any atom is 0.252 e. The van der Waals surface area contributed by atoms with Gasteiger partial charge in [0.05, 0.1) is 19.4 Å². The molecular weight excluding hydrogens is 468 g/mol. The normalized spacial score (nSPS) is 12.3. The minimum Gasteiger partial charge on any atom is -0.497 e. The van der Waals surface area contributed by atoms with Crippen LogP contribution in [0.2, 0.25) is 0 Å². The first-order valence-electron chi connectivity index (χ1n) is 12.4. The summed E-state index contributed by atoms with van der Waals surface area (Å²) >= 11 is 0. The zero-order chi connectivity index (χ0) is 25.6. The lowest BCUT2D eigenvalue weighted by atomic mass is 10.1. The van der Waals surface area contributed by atoms with Gasteiger partial charge in [0.25, 0.3) is 5.56 Å². The molecule has 0 radical (unpaired) electrons. The first kappa shape index (κ1) is 24.5. The van der Waals surface area contributed by atoms with E-state index in [1.807, 2.05) is 54.6 Å². The van der Waals surface area contributed by atoms with Gasteiger partial charge in [-0.25, -0.2) is 4.68 Å². The second-order valence-corrected chi connectivity index (χ2v) is 8.98. The minimum atomic E-state index is -0.104. The molecule has 0 bridgehead atoms. The average Bonchev–Trinajstić information content (AvgIpc) is 3.61. The van der Waals surface area contributed by atoms with Crippen LogP contribution in [0.4, 0.5) is 0 Å². The summed E-state index contributed by atoms with van der Waals surface area (Å²) in [6.07, 6.45) is 3.24. The van der Waals surface area contributed by atoms with E-state index < -0.39 is 0 Å². The molecule has 0 aliphatic carbocycles. The van der Waals surface area contributed by atoms with Crippen LogP contribution in [0.25, 0.3) is 10.9 Å². The summed E-state index contributed by atoms with van der Waals surface area (Å²) in [5.41, 5.74) is 2.58. The summed E-state index contributed by atoms with van der Waals surface area (Å²) in [6, 6.07) is 21.6. The highest BCUT2D eigenvalue weighted by Crippen LogP contribution is 2.26. The van der Waals surface area contributed by atoms with Crippen molar-refractivity contribution in [3.05, 3.63) is 106 Å². The number of aromatic nitrogens is 5. The van der Waals surface area contributed by atoms with Gasteiger partial charge in [-0.05, 0) is 65.2 Å². The zero-order valence-corrected chi connectivity index (χ0v) is 21.0. The lowest BCUT2D eigenvalue weighted by Crippen LogP contribution is -2.34. The van der Waals surface area contributed by atoms with Gasteiger partial charge in [0.2, 0.25) is 0 Å². The van der Waals surface area contributed by atoms with Crippen LogP contribution in [-0.4, -0.2) is 43.7 Å². The van der Waals surface area contributed by atoms with E-state index in [1.54, 1.807) is 18.1 Å². The Bertz CT molecular complexity index is 1490. The quantitative estimate of drug-likeness (QED) is 0.289. The predicted octanol–water partition coefficient (Wildman–Crippen LogP) is 4.36. The van der Waals surface area contributed by atoms with Crippen LogP contribution in [-0.2, 0) is 19.5 Å². The van der Waals surface area contributed by atoms with Gasteiger partial charge in [0.1, 0.15) is 18.1 Å². The van der Waals surface area contributed by atoms with Crippen molar-refractivity contribution >= 4 is 10.9 Å². The molecule has 5 rings (SSSR count). The number of methoxy groups -OCH3 is 1. The Kier molecular flexibility index (Phi) is 7.41. The van der Waals surface area contributed by atoms with Gasteiger partial charge in [0.15, 0.2) is 5.82 Å². The molecule has 3 aromatic heterocycles. The van der Waals surface area contributed by atoms with E-state index in [1.165, 1.54) is 5.56 Å². The van der Waals surface area contributed by atoms with E-state index in [-0.39, 0.29) is 11.6 Å². The molecule has 0 saturated heterocycles. The van der Waals surface area contributed by atoms with Gasteiger partial charge < -0.3 is 14.1 Å². The molecule has 9 nitrogen and oxygen atoms in total. The molecule has 1 atom stereocenters. The third kappa shape index (κ3) is 5.62. The number of pyridine rings is 1. The van der Waals surface area contributed by atoms with Crippen molar-refractivity contribution in [1.29, 1.82) is 0 Å². The van der Waals surface area contributed by atoms with E-state index in [0.717, 1.165) is 47.6 Å². The molecule has 0 spiro atoms. The molecule has 1 N–H and O–H groups in total. The number of furan rings is 1. The fourth-order valence-corrected chi connectivity index (χ4v) is 4.67. The van der Waals surface area contributed by atoms with Crippen molar-refractivity contribution in [2.45, 2.75) is 38.9 Å². The Labute approximate surface area is 214 Å². The summed E-state index contributed by atoms with van der Waals surface area (Å²) in [7, 11) is 1.64. The van der Waals surface area contributed by atoms with Crippen molar-refractivity contribution in [2.75, 3.05) is 13.7 Å². The van der Waals surface area contributed by atoms with Crippen LogP contribution in [0.5, 0.6) is 5.75 Å². The molecule has 0 amide bonds. The Hall–Kier alpha value is -4.24. The SMILES string of the molecule is CC[C@@H](c1nnnn1Cc1ccco1)N(CCc1ccccc1)Cc1cc2cc(OC)ccc2[nH]c1=O. The first-order valence-corrected chi connectivity index (χ1v) is 12.4. The number of rotatable bonds is 11. The average molecular weight is 499 g/mol. The summed E-state index contributed by atoms with van der Waals surface area (Å²) in [5.74, 6) is 2.26. The number of aromatic amines is 1. The van der Waals surface area contributed by atoms with Gasteiger partial charge >= 0.3 is 0 Å². The van der Waals surface area contributed by atoms with E-state index in [4.69, 9.17) is 9.15 Å². The number of benzene rings is 2. The van der Waals surface area contributed by atoms with Gasteiger partial charge in [-0.3, -0.25) is 9.69 Å². The van der Waals surface area contributed by atoms with Crippen LogP contribution in [0.15, 0.2) is 82.2 Å². The second-order valence-electron chi connectivity index (χ2n) is 8.98. The van der Waals surface area contributed by atoms with Crippen LogP contribution in [0.3, 0.4) is 0 Å². The number of nitrogens with one attached hydrogen (secondary N) is 1. The highest BCUT2D eigenvalue weighted by molar-refractivity contribution is 5.80. The van der Waals surface area contributed by atoms with Gasteiger partial charge in [-0.15, -0.1) is 5.10 Å². The molecule has 5 aromatic rings. The summed E-state index contributed by atoms with van der Waals surface area (Å²) in [4.78, 5) is 18.4. The molecule has 2 aromatic carbocycles. The Morgan fingerprint density at radius 2 is 1.97 bits per heavy atom. The molecule has 0 aliphatic rings. The molecule has 0 fully saturated rings. The molecular formula is C28H30N6O3. The number of hydrogen-bond acceptors (Lipinski definition) is 7. The molecule has 0 saturated carbocycles. The molecule has 0 unspecified atom stereocenters. The van der Waals surface area contributed by atoms with Crippen LogP contribution in [0.1, 0.15) is 42.1 Å². The molecule has 37 heavy (non-hydrogen) atoms.